The van der Waals surface area contributed by atoms with Crippen LogP contribution >= 0.6 is 0 Å². The van der Waals surface area contributed by atoms with E-state index in [1.165, 1.54) is 64.2 Å². The molecule has 2 aliphatic carbocycles. The van der Waals surface area contributed by atoms with Gasteiger partial charge < -0.3 is 4.74 Å². The second-order valence-electron chi connectivity index (χ2n) is 6.58. The van der Waals surface area contributed by atoms with Crippen LogP contribution in [0.4, 0.5) is 0 Å². The number of esters is 1. The molecule has 0 radical (unpaired) electrons. The van der Waals surface area contributed by atoms with Crippen molar-refractivity contribution in [2.75, 3.05) is 13.2 Å². The Morgan fingerprint density at radius 3 is 1.90 bits per heavy atom. The zero-order valence-electron chi connectivity index (χ0n) is 13.6. The zero-order chi connectivity index (χ0) is 15.1. The van der Waals surface area contributed by atoms with E-state index in [9.17, 15) is 4.79 Å². The molecule has 0 aromatic heterocycles. The SMILES string of the molecule is C=C(CN(C1CCCCC1)C1CCCCC1)C(=O)OCC. The Bertz CT molecular complexity index is 323. The minimum Gasteiger partial charge on any atom is -0.463 e. The van der Waals surface area contributed by atoms with Gasteiger partial charge in [-0.1, -0.05) is 45.1 Å². The number of carbonyl (C=O) groups excluding carboxylic acids is 1. The molecule has 0 atom stereocenters. The predicted molar refractivity (Wildman–Crippen MR) is 86.2 cm³/mol. The van der Waals surface area contributed by atoms with Crippen molar-refractivity contribution in [2.45, 2.75) is 83.2 Å². The standard InChI is InChI=1S/C18H31NO2/c1-3-21-18(20)15(2)14-19(16-10-6-4-7-11-16)17-12-8-5-9-13-17/h16-17H,2-14H2,1H3. The van der Waals surface area contributed by atoms with Gasteiger partial charge in [0.1, 0.15) is 0 Å². The lowest BCUT2D eigenvalue weighted by Gasteiger charge is -2.41. The maximum absolute atomic E-state index is 11.9. The van der Waals surface area contributed by atoms with Gasteiger partial charge in [0.2, 0.25) is 0 Å². The molecule has 0 aromatic rings. The molecular formula is C18H31NO2. The predicted octanol–water partition coefficient (Wildman–Crippen LogP) is 4.07. The molecule has 2 saturated carbocycles. The maximum atomic E-state index is 11.9. The summed E-state index contributed by atoms with van der Waals surface area (Å²) in [5.41, 5.74) is 0.632. The summed E-state index contributed by atoms with van der Waals surface area (Å²) >= 11 is 0. The number of nitrogens with zero attached hydrogens (tertiary/aromatic N) is 1. The van der Waals surface area contributed by atoms with Gasteiger partial charge in [-0.3, -0.25) is 4.90 Å². The van der Waals surface area contributed by atoms with Crippen LogP contribution in [-0.4, -0.2) is 36.1 Å². The zero-order valence-corrected chi connectivity index (χ0v) is 13.6. The monoisotopic (exact) mass is 293 g/mol. The van der Waals surface area contributed by atoms with Gasteiger partial charge in [-0.15, -0.1) is 0 Å². The van der Waals surface area contributed by atoms with Crippen molar-refractivity contribution < 1.29 is 9.53 Å². The van der Waals surface area contributed by atoms with Crippen LogP contribution in [0.15, 0.2) is 12.2 Å². The first-order chi connectivity index (χ1) is 10.2. The maximum Gasteiger partial charge on any atom is 0.334 e. The summed E-state index contributed by atoms with van der Waals surface area (Å²) in [5, 5.41) is 0. The molecule has 3 heteroatoms. The van der Waals surface area contributed by atoms with Gasteiger partial charge in [0.15, 0.2) is 0 Å². The van der Waals surface area contributed by atoms with Gasteiger partial charge in [0.25, 0.3) is 0 Å². The average molecular weight is 293 g/mol. The van der Waals surface area contributed by atoms with Crippen LogP contribution in [0, 0.1) is 0 Å². The molecule has 0 N–H and O–H groups in total. The third-order valence-corrected chi connectivity index (χ3v) is 5.02. The number of hydrogen-bond acceptors (Lipinski definition) is 3. The number of rotatable bonds is 6. The lowest BCUT2D eigenvalue weighted by atomic mass is 9.88. The van der Waals surface area contributed by atoms with Crippen LogP contribution in [0.3, 0.4) is 0 Å². The van der Waals surface area contributed by atoms with Gasteiger partial charge in [-0.05, 0) is 32.6 Å². The van der Waals surface area contributed by atoms with Gasteiger partial charge in [0.05, 0.1) is 6.61 Å². The van der Waals surface area contributed by atoms with Crippen molar-refractivity contribution in [1.29, 1.82) is 0 Å². The Morgan fingerprint density at radius 1 is 1.00 bits per heavy atom. The van der Waals surface area contributed by atoms with Crippen molar-refractivity contribution in [3.8, 4) is 0 Å². The van der Waals surface area contributed by atoms with Crippen molar-refractivity contribution >= 4 is 5.97 Å². The van der Waals surface area contributed by atoms with E-state index in [2.05, 4.69) is 11.5 Å². The lowest BCUT2D eigenvalue weighted by molar-refractivity contribution is -0.138. The Balaban J connectivity index is 1.99. The molecule has 0 unspecified atom stereocenters. The van der Waals surface area contributed by atoms with Crippen LogP contribution in [0.2, 0.25) is 0 Å². The molecule has 2 aliphatic rings. The average Bonchev–Trinajstić information content (AvgIpc) is 2.54. The molecule has 2 rings (SSSR count). The fraction of sp³-hybridized carbons (Fsp3) is 0.833. The fourth-order valence-electron chi connectivity index (χ4n) is 3.90. The second-order valence-corrected chi connectivity index (χ2v) is 6.58. The largest absolute Gasteiger partial charge is 0.463 e. The van der Waals surface area contributed by atoms with E-state index in [0.717, 1.165) is 0 Å². The van der Waals surface area contributed by atoms with Crippen molar-refractivity contribution in [1.82, 2.24) is 4.90 Å². The molecule has 0 amide bonds. The lowest BCUT2D eigenvalue weighted by Crippen LogP contribution is -2.46. The van der Waals surface area contributed by atoms with E-state index in [1.54, 1.807) is 0 Å². The third-order valence-electron chi connectivity index (χ3n) is 5.02. The molecule has 0 spiro atoms. The van der Waals surface area contributed by atoms with Gasteiger partial charge >= 0.3 is 5.97 Å². The summed E-state index contributed by atoms with van der Waals surface area (Å²) in [7, 11) is 0. The van der Waals surface area contributed by atoms with Crippen LogP contribution in [0.25, 0.3) is 0 Å². The van der Waals surface area contributed by atoms with Crippen molar-refractivity contribution in [2.24, 2.45) is 0 Å². The first-order valence-electron chi connectivity index (χ1n) is 8.83. The highest BCUT2D eigenvalue weighted by atomic mass is 16.5. The van der Waals surface area contributed by atoms with E-state index >= 15 is 0 Å². The smallest absolute Gasteiger partial charge is 0.334 e. The Labute approximate surface area is 129 Å². The Hall–Kier alpha value is -0.830. The molecule has 3 nitrogen and oxygen atoms in total. The van der Waals surface area contributed by atoms with Crippen molar-refractivity contribution in [3.63, 3.8) is 0 Å². The quantitative estimate of drug-likeness (QED) is 0.546. The summed E-state index contributed by atoms with van der Waals surface area (Å²) in [6, 6.07) is 1.29. The molecular weight excluding hydrogens is 262 g/mol. The molecule has 0 aromatic carbocycles. The van der Waals surface area contributed by atoms with Gasteiger partial charge in [0, 0.05) is 24.2 Å². The first kappa shape index (κ1) is 16.5. The second kappa shape index (κ2) is 8.57. The summed E-state index contributed by atoms with van der Waals surface area (Å²) in [5.74, 6) is -0.214. The number of hydrogen-bond donors (Lipinski definition) is 0. The van der Waals surface area contributed by atoms with E-state index in [4.69, 9.17) is 4.74 Å². The summed E-state index contributed by atoms with van der Waals surface area (Å²) in [4.78, 5) is 14.5. The minimum atomic E-state index is -0.214. The third kappa shape index (κ3) is 4.84. The highest BCUT2D eigenvalue weighted by molar-refractivity contribution is 5.88. The molecule has 120 valence electrons. The molecule has 21 heavy (non-hydrogen) atoms. The minimum absolute atomic E-state index is 0.214. The van der Waals surface area contributed by atoms with E-state index in [1.807, 2.05) is 6.92 Å². The van der Waals surface area contributed by atoms with Gasteiger partial charge in [-0.25, -0.2) is 4.79 Å². The summed E-state index contributed by atoms with van der Waals surface area (Å²) in [6.07, 6.45) is 13.2. The Kier molecular flexibility index (Phi) is 6.75. The highest BCUT2D eigenvalue weighted by Crippen LogP contribution is 2.30. The number of ether oxygens (including phenoxy) is 1. The molecule has 0 saturated heterocycles. The van der Waals surface area contributed by atoms with Crippen LogP contribution < -0.4 is 0 Å². The highest BCUT2D eigenvalue weighted by Gasteiger charge is 2.30. The first-order valence-corrected chi connectivity index (χ1v) is 8.83. The van der Waals surface area contributed by atoms with E-state index in [-0.39, 0.29) is 5.97 Å². The van der Waals surface area contributed by atoms with Crippen LogP contribution in [-0.2, 0) is 9.53 Å². The Morgan fingerprint density at radius 2 is 1.48 bits per heavy atom. The van der Waals surface area contributed by atoms with Gasteiger partial charge in [-0.2, -0.15) is 0 Å². The van der Waals surface area contributed by atoms with E-state index in [0.29, 0.717) is 30.8 Å². The molecule has 0 heterocycles. The topological polar surface area (TPSA) is 29.5 Å². The molecule has 0 aliphatic heterocycles. The van der Waals surface area contributed by atoms with Crippen LogP contribution in [0.5, 0.6) is 0 Å². The molecule has 2 fully saturated rings. The van der Waals surface area contributed by atoms with E-state index < -0.39 is 0 Å². The normalized spacial score (nSPS) is 21.4. The summed E-state index contributed by atoms with van der Waals surface area (Å²) < 4.78 is 5.11. The van der Waals surface area contributed by atoms with Crippen molar-refractivity contribution in [3.05, 3.63) is 12.2 Å². The fourth-order valence-corrected chi connectivity index (χ4v) is 3.90. The number of carbonyl (C=O) groups is 1. The molecule has 0 bridgehead atoms. The van der Waals surface area contributed by atoms with Crippen LogP contribution in [0.1, 0.15) is 71.1 Å². The summed E-state index contributed by atoms with van der Waals surface area (Å²) in [6.45, 7) is 6.98.